The Morgan fingerprint density at radius 1 is 1.39 bits per heavy atom. The first-order valence-corrected chi connectivity index (χ1v) is 10.4. The molecule has 0 radical (unpaired) electrons. The van der Waals surface area contributed by atoms with Crippen molar-refractivity contribution in [2.45, 2.75) is 25.3 Å². The molecular formula is C20H22FN3O3S. The fourth-order valence-electron chi connectivity index (χ4n) is 4.38. The van der Waals surface area contributed by atoms with Crippen LogP contribution in [0.25, 0.3) is 21.1 Å². The van der Waals surface area contributed by atoms with Gasteiger partial charge in [-0.1, -0.05) is 0 Å². The Morgan fingerprint density at radius 3 is 2.82 bits per heavy atom. The lowest BCUT2D eigenvalue weighted by molar-refractivity contribution is 0.414. The molecule has 2 fully saturated rings. The molecule has 1 saturated heterocycles. The average Bonchev–Trinajstić information content (AvgIpc) is 3.28. The Morgan fingerprint density at radius 2 is 2.18 bits per heavy atom. The summed E-state index contributed by atoms with van der Waals surface area (Å²) in [5.74, 6) is 0.194. The molecule has 0 spiro atoms. The Hall–Kier alpha value is -2.32. The molecular weight excluding hydrogens is 381 g/mol. The van der Waals surface area contributed by atoms with Gasteiger partial charge >= 0.3 is 0 Å². The lowest BCUT2D eigenvalue weighted by atomic mass is 10.1. The molecule has 3 heterocycles. The highest BCUT2D eigenvalue weighted by Crippen LogP contribution is 2.47. The van der Waals surface area contributed by atoms with E-state index in [0.717, 1.165) is 24.1 Å². The number of aromatic nitrogens is 1. The van der Waals surface area contributed by atoms with Crippen LogP contribution in [0.4, 0.5) is 10.1 Å². The monoisotopic (exact) mass is 403 g/mol. The van der Waals surface area contributed by atoms with Gasteiger partial charge < -0.3 is 25.0 Å². The number of benzene rings is 1. The largest absolute Gasteiger partial charge is 0.506 e. The van der Waals surface area contributed by atoms with E-state index in [2.05, 4.69) is 4.57 Å². The van der Waals surface area contributed by atoms with Crippen LogP contribution in [0.1, 0.15) is 25.3 Å². The van der Waals surface area contributed by atoms with Crippen molar-refractivity contribution in [2.24, 2.45) is 11.7 Å². The number of rotatable bonds is 4. The van der Waals surface area contributed by atoms with Crippen molar-refractivity contribution in [3.63, 3.8) is 0 Å². The zero-order valence-corrected chi connectivity index (χ0v) is 16.4. The van der Waals surface area contributed by atoms with Gasteiger partial charge in [-0.2, -0.15) is 0 Å². The molecule has 3 N–H and O–H groups in total. The van der Waals surface area contributed by atoms with E-state index in [4.69, 9.17) is 10.5 Å². The van der Waals surface area contributed by atoms with E-state index >= 15 is 4.39 Å². The molecule has 2 aromatic heterocycles. The number of aromatic hydroxyl groups is 1. The van der Waals surface area contributed by atoms with E-state index in [9.17, 15) is 9.90 Å². The van der Waals surface area contributed by atoms with Gasteiger partial charge in [0.1, 0.15) is 16.3 Å². The summed E-state index contributed by atoms with van der Waals surface area (Å²) < 4.78 is 23.0. The predicted octanol–water partition coefficient (Wildman–Crippen LogP) is 3.19. The molecule has 6 nitrogen and oxygen atoms in total. The van der Waals surface area contributed by atoms with Crippen molar-refractivity contribution in [1.82, 2.24) is 4.57 Å². The minimum atomic E-state index is -0.476. The van der Waals surface area contributed by atoms with Crippen LogP contribution in [0.2, 0.25) is 0 Å². The molecule has 1 unspecified atom stereocenters. The van der Waals surface area contributed by atoms with Crippen LogP contribution in [0.15, 0.2) is 16.2 Å². The predicted molar refractivity (Wildman–Crippen MR) is 109 cm³/mol. The first-order chi connectivity index (χ1) is 13.5. The molecule has 28 heavy (non-hydrogen) atoms. The van der Waals surface area contributed by atoms with Gasteiger partial charge in [0.05, 0.1) is 23.4 Å². The van der Waals surface area contributed by atoms with E-state index in [1.807, 2.05) is 4.90 Å². The highest BCUT2D eigenvalue weighted by molar-refractivity contribution is 7.17. The first-order valence-electron chi connectivity index (χ1n) is 9.55. The SMILES string of the molecule is COc1c(N2CCC(CN)C2)c(F)cc2c(=O)c3c(O)csc3n(C3CC3)c12. The van der Waals surface area contributed by atoms with Crippen molar-refractivity contribution >= 4 is 38.1 Å². The van der Waals surface area contributed by atoms with Gasteiger partial charge in [-0.25, -0.2) is 4.39 Å². The molecule has 5 rings (SSSR count). The average molecular weight is 403 g/mol. The van der Waals surface area contributed by atoms with Gasteiger partial charge in [-0.15, -0.1) is 11.3 Å². The van der Waals surface area contributed by atoms with Crippen LogP contribution in [0.3, 0.4) is 0 Å². The molecule has 0 amide bonds. The summed E-state index contributed by atoms with van der Waals surface area (Å²) in [5, 5.41) is 12.3. The van der Waals surface area contributed by atoms with E-state index in [0.29, 0.717) is 42.5 Å². The molecule has 8 heteroatoms. The molecule has 1 aromatic carbocycles. The zero-order valence-electron chi connectivity index (χ0n) is 15.6. The van der Waals surface area contributed by atoms with Gasteiger partial charge in [-0.05, 0) is 37.8 Å². The number of fused-ring (bicyclic) bond motifs is 2. The maximum Gasteiger partial charge on any atom is 0.202 e. The maximum atomic E-state index is 15.2. The summed E-state index contributed by atoms with van der Waals surface area (Å²) in [5.41, 5.74) is 6.48. The minimum Gasteiger partial charge on any atom is -0.506 e. The fourth-order valence-corrected chi connectivity index (χ4v) is 5.39. The van der Waals surface area contributed by atoms with Gasteiger partial charge in [0.15, 0.2) is 11.6 Å². The number of nitrogens with two attached hydrogens (primary N) is 1. The lowest BCUT2D eigenvalue weighted by Crippen LogP contribution is -2.24. The van der Waals surface area contributed by atoms with E-state index < -0.39 is 5.82 Å². The molecule has 3 aromatic rings. The molecule has 1 atom stereocenters. The normalized spacial score (nSPS) is 19.8. The number of halogens is 1. The van der Waals surface area contributed by atoms with Gasteiger partial charge in [0.25, 0.3) is 0 Å². The van der Waals surface area contributed by atoms with Gasteiger partial charge in [0.2, 0.25) is 5.43 Å². The summed E-state index contributed by atoms with van der Waals surface area (Å²) in [6, 6.07) is 1.53. The molecule has 1 aliphatic heterocycles. The zero-order chi connectivity index (χ0) is 19.6. The molecule has 2 aliphatic rings. The van der Waals surface area contributed by atoms with Gasteiger partial charge in [-0.3, -0.25) is 4.79 Å². The standard InChI is InChI=1S/C20H22FN3O3S/c1-27-19-16-12(6-13(21)17(19)23-5-4-10(7-22)8-23)18(26)15-14(25)9-28-20(15)24(16)11-2-3-11/h6,9-11,25H,2-5,7-8,22H2,1H3. The maximum absolute atomic E-state index is 15.2. The second kappa shape index (κ2) is 6.35. The number of anilines is 1. The Kier molecular flexibility index (Phi) is 4.03. The highest BCUT2D eigenvalue weighted by Gasteiger charge is 2.34. The van der Waals surface area contributed by atoms with Crippen molar-refractivity contribution in [1.29, 1.82) is 0 Å². The summed E-state index contributed by atoms with van der Waals surface area (Å²) in [7, 11) is 1.52. The first kappa shape index (κ1) is 17.8. The molecule has 0 bridgehead atoms. The minimum absolute atomic E-state index is 0.0462. The van der Waals surface area contributed by atoms with E-state index in [1.165, 1.54) is 24.5 Å². The molecule has 1 aliphatic carbocycles. The van der Waals surface area contributed by atoms with E-state index in [1.54, 1.807) is 5.38 Å². The quantitative estimate of drug-likeness (QED) is 0.699. The fraction of sp³-hybridized carbons (Fsp3) is 0.450. The van der Waals surface area contributed by atoms with Crippen LogP contribution in [-0.4, -0.2) is 36.4 Å². The Balaban J connectivity index is 1.87. The van der Waals surface area contributed by atoms with Crippen molar-refractivity contribution in [3.05, 3.63) is 27.5 Å². The third kappa shape index (κ3) is 2.44. The van der Waals surface area contributed by atoms with Crippen LogP contribution >= 0.6 is 11.3 Å². The smallest absolute Gasteiger partial charge is 0.202 e. The number of nitrogens with zero attached hydrogens (tertiary/aromatic N) is 2. The number of methoxy groups -OCH3 is 1. The second-order valence-electron chi connectivity index (χ2n) is 7.70. The number of hydrogen-bond acceptors (Lipinski definition) is 6. The third-order valence-corrected chi connectivity index (χ3v) is 6.88. The third-order valence-electron chi connectivity index (χ3n) is 5.92. The number of thiophene rings is 1. The second-order valence-corrected chi connectivity index (χ2v) is 8.56. The van der Waals surface area contributed by atoms with Crippen molar-refractivity contribution < 1.29 is 14.2 Å². The van der Waals surface area contributed by atoms with Crippen LogP contribution in [0.5, 0.6) is 11.5 Å². The number of pyridine rings is 1. The van der Waals surface area contributed by atoms with Crippen LogP contribution in [-0.2, 0) is 0 Å². The summed E-state index contributed by atoms with van der Waals surface area (Å²) >= 11 is 1.34. The van der Waals surface area contributed by atoms with Crippen molar-refractivity contribution in [2.75, 3.05) is 31.6 Å². The summed E-state index contributed by atoms with van der Waals surface area (Å²) in [6.07, 6.45) is 2.88. The number of ether oxygens (including phenoxy) is 1. The molecule has 1 saturated carbocycles. The Bertz CT molecular complexity index is 1150. The lowest BCUT2D eigenvalue weighted by Gasteiger charge is -2.24. The van der Waals surface area contributed by atoms with Gasteiger partial charge in [0, 0.05) is 24.5 Å². The highest BCUT2D eigenvalue weighted by atomic mass is 32.1. The Labute approximate surface area is 164 Å². The van der Waals surface area contributed by atoms with Crippen LogP contribution < -0.4 is 20.8 Å². The van der Waals surface area contributed by atoms with E-state index in [-0.39, 0.29) is 28.0 Å². The molecule has 148 valence electrons. The summed E-state index contributed by atoms with van der Waals surface area (Å²) in [4.78, 5) is 15.8. The van der Waals surface area contributed by atoms with Crippen LogP contribution in [0, 0.1) is 11.7 Å². The topological polar surface area (TPSA) is 80.7 Å². The number of hydrogen-bond donors (Lipinski definition) is 2. The van der Waals surface area contributed by atoms with Crippen molar-refractivity contribution in [3.8, 4) is 11.5 Å². The summed E-state index contributed by atoms with van der Waals surface area (Å²) in [6.45, 7) is 1.94.